The van der Waals surface area contributed by atoms with Crippen LogP contribution >= 0.6 is 0 Å². The molecule has 1 unspecified atom stereocenters. The van der Waals surface area contributed by atoms with E-state index in [4.69, 9.17) is 15.9 Å². The first-order valence-electron chi connectivity index (χ1n) is 4.14. The molecule has 0 aromatic heterocycles. The maximum Gasteiger partial charge on any atom is 0.151 e. The number of rotatable bonds is 5. The number of aliphatic hydroxyl groups excluding tert-OH is 1. The zero-order valence-corrected chi connectivity index (χ0v) is 7.33. The molecule has 0 bridgehead atoms. The largest absolute Gasteiger partial charge is 0.368 e. The lowest BCUT2D eigenvalue weighted by Gasteiger charge is -2.13. The number of hydrogen-bond acceptors (Lipinski definition) is 3. The maximum absolute atomic E-state index is 8.54. The molecule has 0 saturated heterocycles. The second-order valence-electron chi connectivity index (χ2n) is 3.45. The Labute approximate surface area is 68.2 Å². The second kappa shape index (κ2) is 5.52. The second-order valence-corrected chi connectivity index (χ2v) is 3.45. The fraction of sp³-hybridized carbons (Fsp3) is 1.00. The lowest BCUT2D eigenvalue weighted by atomic mass is 10.0. The van der Waals surface area contributed by atoms with Crippen LogP contribution in [0.3, 0.4) is 0 Å². The molecule has 0 heterocycles. The van der Waals surface area contributed by atoms with E-state index in [2.05, 4.69) is 13.8 Å². The molecule has 3 nitrogen and oxygen atoms in total. The van der Waals surface area contributed by atoms with Crippen LogP contribution in [-0.4, -0.2) is 22.5 Å². The van der Waals surface area contributed by atoms with Gasteiger partial charge in [-0.1, -0.05) is 13.8 Å². The van der Waals surface area contributed by atoms with Crippen molar-refractivity contribution in [2.24, 2.45) is 11.7 Å². The molecule has 0 aliphatic carbocycles. The first-order valence-corrected chi connectivity index (χ1v) is 4.14. The van der Waals surface area contributed by atoms with Gasteiger partial charge in [0.2, 0.25) is 0 Å². The van der Waals surface area contributed by atoms with Crippen LogP contribution in [0.2, 0.25) is 0 Å². The summed E-state index contributed by atoms with van der Waals surface area (Å²) in [6.45, 7) is 4.21. The van der Waals surface area contributed by atoms with Crippen molar-refractivity contribution >= 4 is 0 Å². The van der Waals surface area contributed by atoms with Crippen LogP contribution < -0.4 is 5.73 Å². The summed E-state index contributed by atoms with van der Waals surface area (Å²) in [5, 5.41) is 17.1. The van der Waals surface area contributed by atoms with E-state index in [1.165, 1.54) is 0 Å². The van der Waals surface area contributed by atoms with Crippen LogP contribution in [0.4, 0.5) is 0 Å². The van der Waals surface area contributed by atoms with Crippen molar-refractivity contribution in [3.63, 3.8) is 0 Å². The van der Waals surface area contributed by atoms with Gasteiger partial charge in [-0.15, -0.1) is 0 Å². The van der Waals surface area contributed by atoms with Gasteiger partial charge in [0.15, 0.2) is 6.29 Å². The Morgan fingerprint density at radius 1 is 1.18 bits per heavy atom. The Morgan fingerprint density at radius 3 is 2.09 bits per heavy atom. The SMILES string of the molecule is CC(C)CC(N)CCC(O)O. The molecule has 0 spiro atoms. The summed E-state index contributed by atoms with van der Waals surface area (Å²) in [7, 11) is 0. The summed E-state index contributed by atoms with van der Waals surface area (Å²) >= 11 is 0. The predicted molar refractivity (Wildman–Crippen MR) is 44.9 cm³/mol. The van der Waals surface area contributed by atoms with Crippen LogP contribution in [0.1, 0.15) is 33.1 Å². The molecule has 0 rings (SSSR count). The van der Waals surface area contributed by atoms with Gasteiger partial charge in [-0.05, 0) is 25.2 Å². The van der Waals surface area contributed by atoms with E-state index >= 15 is 0 Å². The molecule has 0 saturated carbocycles. The molecule has 68 valence electrons. The minimum Gasteiger partial charge on any atom is -0.368 e. The third-order valence-corrected chi connectivity index (χ3v) is 1.57. The quantitative estimate of drug-likeness (QED) is 0.513. The minimum atomic E-state index is -1.20. The fourth-order valence-electron chi connectivity index (χ4n) is 1.09. The van der Waals surface area contributed by atoms with Crippen molar-refractivity contribution in [2.45, 2.75) is 45.4 Å². The minimum absolute atomic E-state index is 0.108. The Balaban J connectivity index is 3.29. The van der Waals surface area contributed by atoms with Crippen molar-refractivity contribution in [3.05, 3.63) is 0 Å². The summed E-state index contributed by atoms with van der Waals surface area (Å²) in [6, 6.07) is 0.108. The van der Waals surface area contributed by atoms with E-state index in [0.29, 0.717) is 18.8 Å². The van der Waals surface area contributed by atoms with Gasteiger partial charge in [-0.2, -0.15) is 0 Å². The van der Waals surface area contributed by atoms with Crippen LogP contribution in [0.5, 0.6) is 0 Å². The highest BCUT2D eigenvalue weighted by molar-refractivity contribution is 4.63. The molecule has 0 aromatic carbocycles. The molecular formula is C8H19NO2. The van der Waals surface area contributed by atoms with E-state index in [1.54, 1.807) is 0 Å². The predicted octanol–water partition coefficient (Wildman–Crippen LogP) is 0.451. The fourth-order valence-corrected chi connectivity index (χ4v) is 1.09. The average Bonchev–Trinajstić information content (AvgIpc) is 1.82. The summed E-state index contributed by atoms with van der Waals surface area (Å²) < 4.78 is 0. The molecule has 1 atom stereocenters. The molecule has 4 N–H and O–H groups in total. The van der Waals surface area contributed by atoms with Crippen LogP contribution in [0, 0.1) is 5.92 Å². The number of hydrogen-bond donors (Lipinski definition) is 3. The van der Waals surface area contributed by atoms with Gasteiger partial charge in [0.05, 0.1) is 0 Å². The zero-order chi connectivity index (χ0) is 8.85. The van der Waals surface area contributed by atoms with Gasteiger partial charge in [-0.3, -0.25) is 0 Å². The topological polar surface area (TPSA) is 66.5 Å². The van der Waals surface area contributed by atoms with Crippen LogP contribution in [-0.2, 0) is 0 Å². The molecular weight excluding hydrogens is 142 g/mol. The molecule has 0 amide bonds. The molecule has 0 aliphatic rings. The van der Waals surface area contributed by atoms with Crippen molar-refractivity contribution < 1.29 is 10.2 Å². The standard InChI is InChI=1S/C8H19NO2/c1-6(2)5-7(9)3-4-8(10)11/h6-8,10-11H,3-5,9H2,1-2H3. The Morgan fingerprint density at radius 2 is 1.73 bits per heavy atom. The zero-order valence-electron chi connectivity index (χ0n) is 7.33. The monoisotopic (exact) mass is 161 g/mol. The summed E-state index contributed by atoms with van der Waals surface area (Å²) in [4.78, 5) is 0. The van der Waals surface area contributed by atoms with E-state index in [0.717, 1.165) is 6.42 Å². The number of nitrogens with two attached hydrogens (primary N) is 1. The molecule has 11 heavy (non-hydrogen) atoms. The van der Waals surface area contributed by atoms with Crippen molar-refractivity contribution in [1.82, 2.24) is 0 Å². The molecule has 0 aromatic rings. The van der Waals surface area contributed by atoms with Gasteiger partial charge in [0.25, 0.3) is 0 Å². The maximum atomic E-state index is 8.54. The first-order chi connectivity index (χ1) is 5.02. The summed E-state index contributed by atoms with van der Waals surface area (Å²) in [5.74, 6) is 0.584. The van der Waals surface area contributed by atoms with Crippen LogP contribution in [0.25, 0.3) is 0 Å². The smallest absolute Gasteiger partial charge is 0.151 e. The lowest BCUT2D eigenvalue weighted by Crippen LogP contribution is -2.23. The summed E-state index contributed by atoms with van der Waals surface area (Å²) in [5.41, 5.74) is 5.70. The highest BCUT2D eigenvalue weighted by atomic mass is 16.5. The van der Waals surface area contributed by atoms with Gasteiger partial charge in [-0.25, -0.2) is 0 Å². The Kier molecular flexibility index (Phi) is 5.46. The molecule has 0 fully saturated rings. The first kappa shape index (κ1) is 10.9. The van der Waals surface area contributed by atoms with E-state index in [9.17, 15) is 0 Å². The van der Waals surface area contributed by atoms with Crippen molar-refractivity contribution in [1.29, 1.82) is 0 Å². The van der Waals surface area contributed by atoms with E-state index < -0.39 is 6.29 Å². The Hall–Kier alpha value is -0.120. The van der Waals surface area contributed by atoms with Crippen molar-refractivity contribution in [2.75, 3.05) is 0 Å². The van der Waals surface area contributed by atoms with Gasteiger partial charge in [0.1, 0.15) is 0 Å². The normalized spacial score (nSPS) is 14.5. The summed E-state index contributed by atoms with van der Waals surface area (Å²) in [6.07, 6.45) is 0.824. The third-order valence-electron chi connectivity index (χ3n) is 1.57. The average molecular weight is 161 g/mol. The molecule has 0 aliphatic heterocycles. The third kappa shape index (κ3) is 7.78. The van der Waals surface area contributed by atoms with Crippen LogP contribution in [0.15, 0.2) is 0 Å². The lowest BCUT2D eigenvalue weighted by molar-refractivity contribution is -0.0475. The molecule has 0 radical (unpaired) electrons. The van der Waals surface area contributed by atoms with Gasteiger partial charge >= 0.3 is 0 Å². The number of aliphatic hydroxyl groups is 2. The van der Waals surface area contributed by atoms with E-state index in [1.807, 2.05) is 0 Å². The van der Waals surface area contributed by atoms with E-state index in [-0.39, 0.29) is 6.04 Å². The Bertz CT molecular complexity index is 94.1. The molecule has 3 heteroatoms. The van der Waals surface area contributed by atoms with Gasteiger partial charge in [0, 0.05) is 6.04 Å². The highest BCUT2D eigenvalue weighted by Crippen LogP contribution is 2.08. The highest BCUT2D eigenvalue weighted by Gasteiger charge is 2.07. The van der Waals surface area contributed by atoms with Gasteiger partial charge < -0.3 is 15.9 Å². The van der Waals surface area contributed by atoms with Crippen molar-refractivity contribution in [3.8, 4) is 0 Å².